The zero-order valence-electron chi connectivity index (χ0n) is 19.2. The summed E-state index contributed by atoms with van der Waals surface area (Å²) in [6, 6.07) is 12.4. The van der Waals surface area contributed by atoms with Crippen LogP contribution in [-0.2, 0) is 16.0 Å². The zero-order chi connectivity index (χ0) is 24.1. The molecule has 0 fully saturated rings. The molecule has 34 heavy (non-hydrogen) atoms. The minimum atomic E-state index is -0.895. The van der Waals surface area contributed by atoms with E-state index < -0.39 is 23.6 Å². The monoisotopic (exact) mass is 458 g/mol. The fourth-order valence-corrected chi connectivity index (χ4v) is 3.49. The number of nitrogens with zero attached hydrogens (tertiary/aromatic N) is 3. The van der Waals surface area contributed by atoms with E-state index in [1.165, 1.54) is 6.21 Å². The molecule has 4 aromatic rings. The Bertz CT molecular complexity index is 1360. The van der Waals surface area contributed by atoms with Crippen LogP contribution in [-0.4, -0.2) is 44.8 Å². The highest BCUT2D eigenvalue weighted by molar-refractivity contribution is 5.90. The number of amides is 2. The standard InChI is InChI=1S/C25H26N6O3/c1-25(2,3)34-24(33)30-22(13-17-15-28-19-7-5-4-6-18(17)19)23(32)31-29-14-16-8-9-20-21(12-16)27-11-10-26-20/h4-12,14-15,22,28H,13H2,1-3H3,(H,30,33)(H,31,32)/b29-14+/t22-/m0/s1. The number of para-hydroxylation sites is 1. The summed E-state index contributed by atoms with van der Waals surface area (Å²) < 4.78 is 5.35. The van der Waals surface area contributed by atoms with Gasteiger partial charge in [-0.15, -0.1) is 0 Å². The predicted molar refractivity (Wildman–Crippen MR) is 130 cm³/mol. The molecule has 1 atom stereocenters. The van der Waals surface area contributed by atoms with Crippen LogP contribution in [0.5, 0.6) is 0 Å². The quantitative estimate of drug-likeness (QED) is 0.300. The van der Waals surface area contributed by atoms with Crippen molar-refractivity contribution in [3.05, 3.63) is 72.2 Å². The Kier molecular flexibility index (Phi) is 6.53. The van der Waals surface area contributed by atoms with Crippen LogP contribution >= 0.6 is 0 Å². The lowest BCUT2D eigenvalue weighted by Gasteiger charge is -2.22. The maximum atomic E-state index is 13.0. The van der Waals surface area contributed by atoms with Gasteiger partial charge in [-0.25, -0.2) is 10.2 Å². The molecule has 0 saturated heterocycles. The lowest BCUT2D eigenvalue weighted by atomic mass is 10.0. The van der Waals surface area contributed by atoms with Crippen molar-refractivity contribution in [2.75, 3.05) is 0 Å². The van der Waals surface area contributed by atoms with Crippen molar-refractivity contribution in [2.24, 2.45) is 5.10 Å². The van der Waals surface area contributed by atoms with Crippen molar-refractivity contribution >= 4 is 40.2 Å². The molecule has 2 aromatic heterocycles. The van der Waals surface area contributed by atoms with Gasteiger partial charge in [0.05, 0.1) is 17.2 Å². The fraction of sp³-hybridized carbons (Fsp3) is 0.240. The summed E-state index contributed by atoms with van der Waals surface area (Å²) in [6.45, 7) is 5.29. The smallest absolute Gasteiger partial charge is 0.408 e. The molecule has 0 aliphatic rings. The topological polar surface area (TPSA) is 121 Å². The number of alkyl carbamates (subject to hydrolysis) is 1. The third kappa shape index (κ3) is 5.74. The summed E-state index contributed by atoms with van der Waals surface area (Å²) in [5.74, 6) is -0.465. The second-order valence-corrected chi connectivity index (χ2v) is 8.80. The molecule has 3 N–H and O–H groups in total. The highest BCUT2D eigenvalue weighted by Gasteiger charge is 2.25. The van der Waals surface area contributed by atoms with Crippen molar-refractivity contribution in [1.29, 1.82) is 0 Å². The molecule has 0 saturated carbocycles. The first-order chi connectivity index (χ1) is 16.3. The Morgan fingerprint density at radius 1 is 1.12 bits per heavy atom. The average molecular weight is 459 g/mol. The number of hydrazone groups is 1. The van der Waals surface area contributed by atoms with E-state index in [2.05, 4.69) is 30.8 Å². The number of ether oxygens (including phenoxy) is 1. The van der Waals surface area contributed by atoms with Crippen LogP contribution in [0.25, 0.3) is 21.9 Å². The maximum absolute atomic E-state index is 13.0. The maximum Gasteiger partial charge on any atom is 0.408 e. The summed E-state index contributed by atoms with van der Waals surface area (Å²) in [5, 5.41) is 7.72. The van der Waals surface area contributed by atoms with E-state index in [1.807, 2.05) is 48.7 Å². The molecular weight excluding hydrogens is 432 g/mol. The average Bonchev–Trinajstić information content (AvgIpc) is 3.20. The number of hydrogen-bond donors (Lipinski definition) is 3. The number of aromatic nitrogens is 3. The molecule has 0 spiro atoms. The van der Waals surface area contributed by atoms with Crippen LogP contribution in [0.1, 0.15) is 31.9 Å². The first kappa shape index (κ1) is 22.9. The molecule has 9 heteroatoms. The van der Waals surface area contributed by atoms with Gasteiger partial charge < -0.3 is 15.0 Å². The number of H-pyrrole nitrogens is 1. The number of carbonyl (C=O) groups excluding carboxylic acids is 2. The molecule has 174 valence electrons. The zero-order valence-corrected chi connectivity index (χ0v) is 19.2. The third-order valence-corrected chi connectivity index (χ3v) is 4.99. The Balaban J connectivity index is 1.49. The minimum Gasteiger partial charge on any atom is -0.444 e. The lowest BCUT2D eigenvalue weighted by molar-refractivity contribution is -0.123. The lowest BCUT2D eigenvalue weighted by Crippen LogP contribution is -2.48. The first-order valence-electron chi connectivity index (χ1n) is 10.9. The molecular formula is C25H26N6O3. The van der Waals surface area contributed by atoms with Gasteiger partial charge in [-0.1, -0.05) is 24.3 Å². The minimum absolute atomic E-state index is 0.260. The van der Waals surface area contributed by atoms with Gasteiger partial charge in [-0.3, -0.25) is 14.8 Å². The summed E-state index contributed by atoms with van der Waals surface area (Å²) in [4.78, 5) is 37.1. The van der Waals surface area contributed by atoms with Crippen LogP contribution in [0.4, 0.5) is 4.79 Å². The highest BCUT2D eigenvalue weighted by Crippen LogP contribution is 2.19. The first-order valence-corrected chi connectivity index (χ1v) is 10.9. The largest absolute Gasteiger partial charge is 0.444 e. The molecule has 2 heterocycles. The van der Waals surface area contributed by atoms with Crippen molar-refractivity contribution in [3.63, 3.8) is 0 Å². The molecule has 0 radical (unpaired) electrons. The van der Waals surface area contributed by atoms with E-state index in [-0.39, 0.29) is 6.42 Å². The Hall–Kier alpha value is -4.27. The number of aromatic amines is 1. The molecule has 0 bridgehead atoms. The van der Waals surface area contributed by atoms with Gasteiger partial charge in [0.25, 0.3) is 5.91 Å². The van der Waals surface area contributed by atoms with Crippen molar-refractivity contribution < 1.29 is 14.3 Å². The third-order valence-electron chi connectivity index (χ3n) is 4.99. The van der Waals surface area contributed by atoms with E-state index in [9.17, 15) is 9.59 Å². The van der Waals surface area contributed by atoms with Gasteiger partial charge in [0, 0.05) is 35.9 Å². The number of fused-ring (bicyclic) bond motifs is 2. The van der Waals surface area contributed by atoms with Crippen LogP contribution in [0.2, 0.25) is 0 Å². The molecule has 2 amide bonds. The number of nitrogens with one attached hydrogen (secondary N) is 3. The van der Waals surface area contributed by atoms with E-state index >= 15 is 0 Å². The van der Waals surface area contributed by atoms with Gasteiger partial charge in [0.15, 0.2) is 0 Å². The molecule has 2 aromatic carbocycles. The second-order valence-electron chi connectivity index (χ2n) is 8.80. The molecule has 0 aliphatic carbocycles. The van der Waals surface area contributed by atoms with E-state index in [1.54, 1.807) is 33.2 Å². The number of hydrogen-bond acceptors (Lipinski definition) is 6. The van der Waals surface area contributed by atoms with Gasteiger partial charge in [-0.2, -0.15) is 5.10 Å². The molecule has 9 nitrogen and oxygen atoms in total. The van der Waals surface area contributed by atoms with Crippen molar-refractivity contribution in [2.45, 2.75) is 38.8 Å². The van der Waals surface area contributed by atoms with E-state index in [0.717, 1.165) is 33.1 Å². The van der Waals surface area contributed by atoms with Gasteiger partial charge >= 0.3 is 6.09 Å². The summed E-state index contributed by atoms with van der Waals surface area (Å²) in [6.07, 6.45) is 6.17. The second kappa shape index (κ2) is 9.70. The molecule has 0 aliphatic heterocycles. The van der Waals surface area contributed by atoms with Crippen LogP contribution < -0.4 is 10.7 Å². The van der Waals surface area contributed by atoms with Gasteiger partial charge in [0.1, 0.15) is 11.6 Å². The van der Waals surface area contributed by atoms with Gasteiger partial charge in [-0.05, 0) is 50.1 Å². The number of benzene rings is 2. The summed E-state index contributed by atoms with van der Waals surface area (Å²) >= 11 is 0. The Labute approximate surface area is 196 Å². The number of carbonyl (C=O) groups is 2. The summed E-state index contributed by atoms with van der Waals surface area (Å²) in [7, 11) is 0. The highest BCUT2D eigenvalue weighted by atomic mass is 16.6. The predicted octanol–water partition coefficient (Wildman–Crippen LogP) is 3.70. The normalized spacial score (nSPS) is 12.7. The molecule has 4 rings (SSSR count). The van der Waals surface area contributed by atoms with Crippen molar-refractivity contribution in [3.8, 4) is 0 Å². The van der Waals surface area contributed by atoms with Crippen molar-refractivity contribution in [1.82, 2.24) is 25.7 Å². The SMILES string of the molecule is CC(C)(C)OC(=O)N[C@@H](Cc1c[nH]c2ccccc12)C(=O)N/N=C/c1ccc2nccnc2c1. The van der Waals surface area contributed by atoms with Gasteiger partial charge in [0.2, 0.25) is 0 Å². The summed E-state index contributed by atoms with van der Waals surface area (Å²) in [5.41, 5.74) is 5.92. The number of rotatable bonds is 6. The Morgan fingerprint density at radius 2 is 1.88 bits per heavy atom. The Morgan fingerprint density at radius 3 is 2.68 bits per heavy atom. The van der Waals surface area contributed by atoms with Crippen LogP contribution in [0.15, 0.2) is 66.2 Å². The van der Waals surface area contributed by atoms with E-state index in [4.69, 9.17) is 4.74 Å². The van der Waals surface area contributed by atoms with E-state index in [0.29, 0.717) is 0 Å². The van der Waals surface area contributed by atoms with Crippen LogP contribution in [0.3, 0.4) is 0 Å². The van der Waals surface area contributed by atoms with Crippen LogP contribution in [0, 0.1) is 0 Å². The molecule has 0 unspecified atom stereocenters. The fourth-order valence-electron chi connectivity index (χ4n) is 3.49.